The van der Waals surface area contributed by atoms with E-state index in [0.29, 0.717) is 44.2 Å². The molecule has 1 saturated heterocycles. The fraction of sp³-hybridized carbons (Fsp3) is 0.375. The molecule has 2 aromatic carbocycles. The van der Waals surface area contributed by atoms with E-state index in [0.717, 1.165) is 11.3 Å². The van der Waals surface area contributed by atoms with Crippen LogP contribution in [0.2, 0.25) is 0 Å². The summed E-state index contributed by atoms with van der Waals surface area (Å²) in [6, 6.07) is 16.9. The highest BCUT2D eigenvalue weighted by atomic mass is 16.6. The number of amides is 2. The molecule has 1 aliphatic carbocycles. The van der Waals surface area contributed by atoms with Crippen molar-refractivity contribution in [2.75, 3.05) is 11.4 Å². The van der Waals surface area contributed by atoms with Crippen LogP contribution in [0, 0.1) is 5.92 Å². The van der Waals surface area contributed by atoms with Crippen molar-refractivity contribution in [1.29, 1.82) is 0 Å². The largest absolute Gasteiger partial charge is 0.451 e. The zero-order valence-electron chi connectivity index (χ0n) is 16.7. The third-order valence-electron chi connectivity index (χ3n) is 6.63. The zero-order valence-corrected chi connectivity index (χ0v) is 16.7. The Hall–Kier alpha value is -3.15. The van der Waals surface area contributed by atoms with Crippen molar-refractivity contribution in [2.24, 2.45) is 5.92 Å². The molecule has 1 spiro atoms. The summed E-state index contributed by atoms with van der Waals surface area (Å²) in [6.45, 7) is 0.496. The smallest absolute Gasteiger partial charge is 0.339 e. The molecular weight excluding hydrogens is 380 g/mol. The predicted octanol–water partition coefficient (Wildman–Crippen LogP) is 3.16. The van der Waals surface area contributed by atoms with Crippen molar-refractivity contribution < 1.29 is 19.1 Å². The molecule has 0 aromatic heterocycles. The summed E-state index contributed by atoms with van der Waals surface area (Å²) >= 11 is 0. The molecule has 2 fully saturated rings. The van der Waals surface area contributed by atoms with Crippen LogP contribution < -0.4 is 10.2 Å². The summed E-state index contributed by atoms with van der Waals surface area (Å²) in [5, 5.41) is 3.08. The van der Waals surface area contributed by atoms with Crippen LogP contribution in [0.5, 0.6) is 0 Å². The lowest BCUT2D eigenvalue weighted by Crippen LogP contribution is -2.43. The highest BCUT2D eigenvalue weighted by molar-refractivity contribution is 5.97. The van der Waals surface area contributed by atoms with Gasteiger partial charge in [0.05, 0.1) is 11.6 Å². The van der Waals surface area contributed by atoms with E-state index in [1.54, 1.807) is 11.0 Å². The number of hydrogen-bond acceptors (Lipinski definition) is 4. The minimum absolute atomic E-state index is 0.00447. The SMILES string of the molecule is O=C1OC2(CCC(C(=O)NC3CC(=O)N(c4ccccc4)C3)CC2)c2ccccc21. The molecule has 30 heavy (non-hydrogen) atoms. The van der Waals surface area contributed by atoms with Crippen LogP contribution >= 0.6 is 0 Å². The molecule has 6 nitrogen and oxygen atoms in total. The standard InChI is InChI=1S/C24H24N2O4/c27-21-14-17(15-26(21)18-6-2-1-3-7-18)25-22(28)16-10-12-24(13-11-16)20-9-5-4-8-19(20)23(29)30-24/h1-9,16-17H,10-15H2,(H,25,28). The first kappa shape index (κ1) is 18.9. The van der Waals surface area contributed by atoms with Crippen molar-refractivity contribution in [3.05, 3.63) is 65.7 Å². The number of benzene rings is 2. The van der Waals surface area contributed by atoms with E-state index >= 15 is 0 Å². The summed E-state index contributed by atoms with van der Waals surface area (Å²) in [7, 11) is 0. The Morgan fingerprint density at radius 1 is 1.00 bits per heavy atom. The second-order valence-electron chi connectivity index (χ2n) is 8.45. The van der Waals surface area contributed by atoms with Crippen LogP contribution in [0.1, 0.15) is 48.0 Å². The van der Waals surface area contributed by atoms with Gasteiger partial charge in [0.2, 0.25) is 11.8 Å². The van der Waals surface area contributed by atoms with Crippen LogP contribution in [0.15, 0.2) is 54.6 Å². The van der Waals surface area contributed by atoms with Gasteiger partial charge in [-0.15, -0.1) is 0 Å². The van der Waals surface area contributed by atoms with Gasteiger partial charge < -0.3 is 15.0 Å². The number of carbonyl (C=O) groups is 3. The van der Waals surface area contributed by atoms with Gasteiger partial charge in [0.25, 0.3) is 0 Å². The topological polar surface area (TPSA) is 75.7 Å². The molecule has 154 valence electrons. The molecule has 1 saturated carbocycles. The summed E-state index contributed by atoms with van der Waals surface area (Å²) in [5.74, 6) is -0.360. The van der Waals surface area contributed by atoms with Gasteiger partial charge in [-0.3, -0.25) is 9.59 Å². The Morgan fingerprint density at radius 3 is 2.47 bits per heavy atom. The molecule has 1 atom stereocenters. The Morgan fingerprint density at radius 2 is 1.70 bits per heavy atom. The summed E-state index contributed by atoms with van der Waals surface area (Å²) in [4.78, 5) is 39.2. The highest BCUT2D eigenvalue weighted by Gasteiger charge is 2.48. The quantitative estimate of drug-likeness (QED) is 0.798. The number of fused-ring (bicyclic) bond motifs is 2. The van der Waals surface area contributed by atoms with Gasteiger partial charge in [0.15, 0.2) is 0 Å². The number of esters is 1. The van der Waals surface area contributed by atoms with Gasteiger partial charge in [0, 0.05) is 30.1 Å². The molecule has 6 heteroatoms. The Labute approximate surface area is 175 Å². The highest BCUT2D eigenvalue weighted by Crippen LogP contribution is 2.48. The maximum absolute atomic E-state index is 12.9. The van der Waals surface area contributed by atoms with Crippen molar-refractivity contribution in [3.63, 3.8) is 0 Å². The van der Waals surface area contributed by atoms with Crippen LogP contribution in [0.4, 0.5) is 5.69 Å². The van der Waals surface area contributed by atoms with Crippen LogP contribution in [-0.2, 0) is 19.9 Å². The molecule has 2 heterocycles. The lowest BCUT2D eigenvalue weighted by Gasteiger charge is -2.36. The second kappa shape index (κ2) is 7.27. The Bertz CT molecular complexity index is 995. The fourth-order valence-electron chi connectivity index (χ4n) is 5.04. The molecule has 2 aromatic rings. The monoisotopic (exact) mass is 404 g/mol. The maximum Gasteiger partial charge on any atom is 0.339 e. The number of nitrogens with zero attached hydrogens (tertiary/aromatic N) is 1. The van der Waals surface area contributed by atoms with Crippen molar-refractivity contribution in [3.8, 4) is 0 Å². The number of carbonyl (C=O) groups excluding carboxylic acids is 3. The van der Waals surface area contributed by atoms with Gasteiger partial charge in [-0.2, -0.15) is 0 Å². The first-order valence-electron chi connectivity index (χ1n) is 10.5. The normalized spacial score (nSPS) is 27.8. The van der Waals surface area contributed by atoms with E-state index in [4.69, 9.17) is 4.74 Å². The second-order valence-corrected chi connectivity index (χ2v) is 8.45. The first-order chi connectivity index (χ1) is 14.6. The average molecular weight is 404 g/mol. The minimum Gasteiger partial charge on any atom is -0.451 e. The summed E-state index contributed by atoms with van der Waals surface area (Å²) < 4.78 is 5.78. The molecule has 2 amide bonds. The van der Waals surface area contributed by atoms with E-state index in [9.17, 15) is 14.4 Å². The minimum atomic E-state index is -0.585. The maximum atomic E-state index is 12.9. The zero-order chi connectivity index (χ0) is 20.7. The molecule has 0 bridgehead atoms. The lowest BCUT2D eigenvalue weighted by atomic mass is 9.74. The van der Waals surface area contributed by atoms with Crippen molar-refractivity contribution in [1.82, 2.24) is 5.32 Å². The van der Waals surface area contributed by atoms with Crippen LogP contribution in [0.3, 0.4) is 0 Å². The molecule has 3 aliphatic rings. The number of rotatable bonds is 3. The average Bonchev–Trinajstić information content (AvgIpc) is 3.27. The van der Waals surface area contributed by atoms with Crippen molar-refractivity contribution >= 4 is 23.5 Å². The number of ether oxygens (including phenoxy) is 1. The Balaban J connectivity index is 1.20. The van der Waals surface area contributed by atoms with E-state index < -0.39 is 5.60 Å². The van der Waals surface area contributed by atoms with E-state index in [1.807, 2.05) is 48.5 Å². The van der Waals surface area contributed by atoms with Gasteiger partial charge >= 0.3 is 5.97 Å². The molecular formula is C24H24N2O4. The Kier molecular flexibility index (Phi) is 4.57. The molecule has 5 rings (SSSR count). The number of anilines is 1. The van der Waals surface area contributed by atoms with Crippen LogP contribution in [0.25, 0.3) is 0 Å². The van der Waals surface area contributed by atoms with E-state index in [2.05, 4.69) is 5.32 Å². The van der Waals surface area contributed by atoms with Gasteiger partial charge in [0.1, 0.15) is 5.60 Å². The lowest BCUT2D eigenvalue weighted by molar-refractivity contribution is -0.128. The fourth-order valence-corrected chi connectivity index (χ4v) is 5.04. The molecule has 0 radical (unpaired) electrons. The first-order valence-corrected chi connectivity index (χ1v) is 10.5. The summed E-state index contributed by atoms with van der Waals surface area (Å²) in [5.41, 5.74) is 1.87. The van der Waals surface area contributed by atoms with Gasteiger partial charge in [-0.25, -0.2) is 4.79 Å². The molecule has 2 aliphatic heterocycles. The van der Waals surface area contributed by atoms with E-state index in [1.165, 1.54) is 0 Å². The van der Waals surface area contributed by atoms with Gasteiger partial charge in [-0.05, 0) is 43.9 Å². The molecule has 1 N–H and O–H groups in total. The number of nitrogens with one attached hydrogen (secondary N) is 1. The number of para-hydroxylation sites is 1. The molecule has 1 unspecified atom stereocenters. The summed E-state index contributed by atoms with van der Waals surface area (Å²) in [6.07, 6.45) is 2.94. The van der Waals surface area contributed by atoms with Crippen LogP contribution in [-0.4, -0.2) is 30.4 Å². The third-order valence-corrected chi connectivity index (χ3v) is 6.63. The number of hydrogen-bond donors (Lipinski definition) is 1. The predicted molar refractivity (Wildman–Crippen MR) is 111 cm³/mol. The van der Waals surface area contributed by atoms with Crippen molar-refractivity contribution in [2.45, 2.75) is 43.7 Å². The van der Waals surface area contributed by atoms with E-state index in [-0.39, 0.29) is 29.7 Å². The third kappa shape index (κ3) is 3.16. The van der Waals surface area contributed by atoms with Gasteiger partial charge in [-0.1, -0.05) is 36.4 Å².